The summed E-state index contributed by atoms with van der Waals surface area (Å²) in [4.78, 5) is 85.3. The van der Waals surface area contributed by atoms with Crippen LogP contribution in [0.3, 0.4) is 0 Å². The quantitative estimate of drug-likeness (QED) is 0.0107. The summed E-state index contributed by atoms with van der Waals surface area (Å²) in [6.45, 7) is -0.350. The third-order valence-electron chi connectivity index (χ3n) is 15.1. The Hall–Kier alpha value is -4.92. The molecule has 0 N–H and O–H groups in total. The van der Waals surface area contributed by atoms with E-state index in [1.165, 1.54) is 29.4 Å². The molecule has 0 aromatic heterocycles. The molecule has 0 saturated carbocycles. The minimum Gasteiger partial charge on any atom is -0.462 e. The number of rotatable bonds is 24. The molecule has 0 aliphatic carbocycles. The second kappa shape index (κ2) is 43.9. The number of carbonyl (C=O) groups is 6. The summed E-state index contributed by atoms with van der Waals surface area (Å²) in [7, 11) is -0.812. The third kappa shape index (κ3) is 24.8. The first kappa shape index (κ1) is 85.5. The lowest BCUT2D eigenvalue weighted by Gasteiger charge is -2.10. The fraction of sp³-hybridized carbons (Fsp3) is 0.0714. The fourth-order valence-electron chi connectivity index (χ4n) is 10.1. The van der Waals surface area contributed by atoms with Crippen LogP contribution < -0.4 is 14.2 Å². The minimum absolute atomic E-state index is 0.0248. The van der Waals surface area contributed by atoms with Crippen LogP contribution >= 0.6 is 203 Å². The van der Waals surface area contributed by atoms with Crippen LogP contribution in [0, 0.1) is 32.1 Å². The molecule has 0 aliphatic rings. The van der Waals surface area contributed by atoms with Crippen LogP contribution in [0.2, 0.25) is 0 Å². The Bertz CT molecular complexity index is 4930. The first-order valence-electron chi connectivity index (χ1n) is 32.7. The zero-order valence-corrected chi connectivity index (χ0v) is 78.3. The molecule has 0 spiro atoms. The number of benzene rings is 12. The van der Waals surface area contributed by atoms with E-state index in [0.717, 1.165) is 46.8 Å². The maximum absolute atomic E-state index is 12.5. The van der Waals surface area contributed by atoms with Gasteiger partial charge in [0.25, 0.3) is 0 Å². The van der Waals surface area contributed by atoms with Crippen molar-refractivity contribution in [3.05, 3.63) is 340 Å². The molecule has 0 saturated heterocycles. The molecule has 12 aromatic carbocycles. The van der Waals surface area contributed by atoms with E-state index in [2.05, 4.69) is 276 Å². The molecule has 108 heavy (non-hydrogen) atoms. The van der Waals surface area contributed by atoms with E-state index in [4.69, 9.17) is 28.4 Å². The molecular formula is C84H60I9O12S3+3. The van der Waals surface area contributed by atoms with Crippen LogP contribution in [0.1, 0.15) is 50.3 Å². The van der Waals surface area contributed by atoms with Gasteiger partial charge in [0, 0.05) is 38.6 Å². The maximum Gasteiger partial charge on any atom is 0.349 e. The Morgan fingerprint density at radius 3 is 0.759 bits per heavy atom. The predicted molar refractivity (Wildman–Crippen MR) is 500 cm³/mol. The average molecular weight is 2500 g/mol. The lowest BCUT2D eigenvalue weighted by molar-refractivity contribution is -0.138. The summed E-state index contributed by atoms with van der Waals surface area (Å²) < 4.78 is 40.3. The number of hydrogen-bond acceptors (Lipinski definition) is 12. The normalized spacial score (nSPS) is 10.8. The van der Waals surface area contributed by atoms with Gasteiger partial charge in [-0.15, -0.1) is 0 Å². The Balaban J connectivity index is 0.000000173. The molecule has 12 nitrogen and oxygen atoms in total. The van der Waals surface area contributed by atoms with Gasteiger partial charge in [-0.25, -0.2) is 19.2 Å². The zero-order valence-electron chi connectivity index (χ0n) is 56.5. The van der Waals surface area contributed by atoms with Gasteiger partial charge in [-0.05, 0) is 392 Å². The van der Waals surface area contributed by atoms with Gasteiger partial charge in [-0.2, -0.15) is 0 Å². The molecule has 24 heteroatoms. The van der Waals surface area contributed by atoms with Crippen LogP contribution in [0.25, 0.3) is 0 Å². The van der Waals surface area contributed by atoms with E-state index in [-0.39, 0.29) is 70.7 Å². The molecular weight excluding hydrogens is 2440 g/mol. The van der Waals surface area contributed by atoms with Gasteiger partial charge in [-0.1, -0.05) is 109 Å². The van der Waals surface area contributed by atoms with Crippen molar-refractivity contribution in [3.63, 3.8) is 0 Å². The molecule has 0 atom stereocenters. The van der Waals surface area contributed by atoms with Crippen molar-refractivity contribution in [1.82, 2.24) is 0 Å². The van der Waals surface area contributed by atoms with Gasteiger partial charge in [0.1, 0.15) is 23.9 Å². The minimum atomic E-state index is -0.633. The van der Waals surface area contributed by atoms with E-state index in [0.29, 0.717) is 40.4 Å². The van der Waals surface area contributed by atoms with Crippen molar-refractivity contribution < 1.29 is 57.2 Å². The Kier molecular flexibility index (Phi) is 34.8. The van der Waals surface area contributed by atoms with Gasteiger partial charge in [0.15, 0.2) is 50.7 Å². The first-order chi connectivity index (χ1) is 52.3. The highest BCUT2D eigenvalue weighted by Gasteiger charge is 2.32. The van der Waals surface area contributed by atoms with E-state index >= 15 is 0 Å². The van der Waals surface area contributed by atoms with Gasteiger partial charge in [-0.3, -0.25) is 9.59 Å². The first-order valence-corrected chi connectivity index (χ1v) is 46.1. The lowest BCUT2D eigenvalue weighted by Crippen LogP contribution is -2.20. The van der Waals surface area contributed by atoms with Crippen molar-refractivity contribution in [2.75, 3.05) is 19.8 Å². The molecule has 0 aliphatic heterocycles. The Morgan fingerprint density at radius 2 is 0.472 bits per heavy atom. The van der Waals surface area contributed by atoms with Crippen LogP contribution in [0.5, 0.6) is 17.2 Å². The molecule has 0 amide bonds. The number of ether oxygens (including phenoxy) is 6. The number of halogens is 9. The summed E-state index contributed by atoms with van der Waals surface area (Å²) in [6, 6.07) is 96.3. The SMILES string of the molecule is O=C(CCCOC(=O)c1c(I)ccc(I)c1I)Oc1ccc([S+](c2ccccc2)c2ccccc2)cc1.O=C(CCOC(=O)c1c(I)ccc(I)c1I)Oc1ccc([S+](c2ccccc2)c2ccccc2)cc1.O=C(COC(=O)c1c(I)ccc(I)c1I)Oc1ccc([S+](c2ccccc2)c2ccccc2)cc1. The fourth-order valence-corrected chi connectivity index (χ4v) is 23.3. The molecule has 0 radical (unpaired) electrons. The molecule has 546 valence electrons. The van der Waals surface area contributed by atoms with E-state index in [1.54, 1.807) is 12.1 Å². The summed E-state index contributed by atoms with van der Waals surface area (Å²) in [5.41, 5.74) is 1.56. The van der Waals surface area contributed by atoms with Crippen molar-refractivity contribution in [1.29, 1.82) is 0 Å². The van der Waals surface area contributed by atoms with Crippen molar-refractivity contribution in [2.24, 2.45) is 0 Å². The highest BCUT2D eigenvalue weighted by Crippen LogP contribution is 2.37. The van der Waals surface area contributed by atoms with E-state index in [9.17, 15) is 28.8 Å². The van der Waals surface area contributed by atoms with Crippen LogP contribution in [-0.4, -0.2) is 55.6 Å². The van der Waals surface area contributed by atoms with Gasteiger partial charge >= 0.3 is 35.8 Å². The van der Waals surface area contributed by atoms with Crippen LogP contribution in [-0.2, 0) is 61.3 Å². The molecule has 0 unspecified atom stereocenters. The van der Waals surface area contributed by atoms with Crippen molar-refractivity contribution >= 4 is 272 Å². The average Bonchev–Trinajstić information content (AvgIpc) is 0.833. The summed E-state index contributed by atoms with van der Waals surface area (Å²) >= 11 is 19.3. The zero-order chi connectivity index (χ0) is 76.5. The second-order valence-corrected chi connectivity index (χ2v) is 38.8. The maximum atomic E-state index is 12.5. The molecule has 12 aromatic rings. The topological polar surface area (TPSA) is 158 Å². The monoisotopic (exact) mass is 2500 g/mol. The summed E-state index contributed by atoms with van der Waals surface area (Å²) in [5.74, 6) is -1.43. The molecule has 0 bridgehead atoms. The Labute approximate surface area is 758 Å². The summed E-state index contributed by atoms with van der Waals surface area (Å²) in [5, 5.41) is 0. The highest BCUT2D eigenvalue weighted by molar-refractivity contribution is 14.1. The van der Waals surface area contributed by atoms with Crippen molar-refractivity contribution in [2.45, 2.75) is 63.3 Å². The van der Waals surface area contributed by atoms with Crippen LogP contribution in [0.4, 0.5) is 0 Å². The smallest absolute Gasteiger partial charge is 0.349 e. The largest absolute Gasteiger partial charge is 0.462 e. The van der Waals surface area contributed by atoms with E-state index < -0.39 is 30.5 Å². The number of carbonyl (C=O) groups excluding carboxylic acids is 6. The predicted octanol–water partition coefficient (Wildman–Crippen LogP) is 23.2. The van der Waals surface area contributed by atoms with E-state index in [1.807, 2.05) is 206 Å². The highest BCUT2D eigenvalue weighted by atomic mass is 127. The van der Waals surface area contributed by atoms with Gasteiger partial charge < -0.3 is 28.4 Å². The Morgan fingerprint density at radius 1 is 0.241 bits per heavy atom. The van der Waals surface area contributed by atoms with Crippen LogP contribution in [0.15, 0.2) is 335 Å². The van der Waals surface area contributed by atoms with Crippen molar-refractivity contribution in [3.8, 4) is 17.2 Å². The second-order valence-electron chi connectivity index (χ2n) is 22.5. The third-order valence-corrected chi connectivity index (χ3v) is 33.7. The number of hydrogen-bond donors (Lipinski definition) is 0. The van der Waals surface area contributed by atoms with Gasteiger partial charge in [0.05, 0.1) is 62.4 Å². The summed E-state index contributed by atoms with van der Waals surface area (Å²) in [6.07, 6.45) is 0.530. The molecule has 0 fully saturated rings. The lowest BCUT2D eigenvalue weighted by atomic mass is 10.2. The van der Waals surface area contributed by atoms with Gasteiger partial charge in [0.2, 0.25) is 0 Å². The standard InChI is InChI=1S/C29H22I3O4S.C28H20I3O4S.C27H18I3O4S/c30-24-17-18-25(31)28(32)27(24)29(34)35-19-7-12-26(33)36-20-13-15-23(16-14-20)37(21-8-3-1-4-9-21)22-10-5-2-6-11-22;29-23-15-16-24(30)27(31)26(23)28(33)34-18-17-25(32)35-19-11-13-22(14-12-19)36(20-7-3-1-4-8-20)21-9-5-2-6-10-21;28-22-15-16-23(29)26(30)25(22)27(32)33-17-24(31)34-18-11-13-21(14-12-18)35(19-7-3-1-4-8-19)20-9-5-2-6-10-20/h1-6,8-11,13-18H,7,12,19H2;1-16H,17-18H2;1-16H,17H2/q3*+1. The molecule has 0 heterocycles. The molecule has 12 rings (SSSR count). The number of esters is 6.